The Morgan fingerprint density at radius 2 is 2.30 bits per heavy atom. The van der Waals surface area contributed by atoms with Crippen LogP contribution < -0.4 is 10.1 Å². The lowest BCUT2D eigenvalue weighted by Gasteiger charge is -2.09. The van der Waals surface area contributed by atoms with Crippen molar-refractivity contribution >= 4 is 17.3 Å². The van der Waals surface area contributed by atoms with Crippen LogP contribution in [0.4, 0.5) is 5.69 Å². The SMILES string of the molecule is CCCNCc1ccc([N+](=O)[O-])c(OC/C(C)=C/Cl)c1. The summed E-state index contributed by atoms with van der Waals surface area (Å²) in [5, 5.41) is 14.2. The van der Waals surface area contributed by atoms with Crippen LogP contribution in [0, 0.1) is 10.1 Å². The molecule has 0 unspecified atom stereocenters. The van der Waals surface area contributed by atoms with Crippen LogP contribution in [-0.4, -0.2) is 18.1 Å². The van der Waals surface area contributed by atoms with Gasteiger partial charge in [-0.15, -0.1) is 0 Å². The van der Waals surface area contributed by atoms with Gasteiger partial charge in [0.15, 0.2) is 5.75 Å². The van der Waals surface area contributed by atoms with E-state index in [1.165, 1.54) is 11.6 Å². The summed E-state index contributed by atoms with van der Waals surface area (Å²) in [5.74, 6) is 0.267. The molecule has 0 aliphatic heterocycles. The minimum atomic E-state index is -0.446. The van der Waals surface area contributed by atoms with Crippen LogP contribution in [0.1, 0.15) is 25.8 Å². The third-order valence-corrected chi connectivity index (χ3v) is 2.99. The van der Waals surface area contributed by atoms with E-state index in [2.05, 4.69) is 12.2 Å². The first-order valence-corrected chi connectivity index (χ1v) is 6.88. The molecule has 0 amide bonds. The van der Waals surface area contributed by atoms with E-state index in [1.54, 1.807) is 19.1 Å². The molecule has 20 heavy (non-hydrogen) atoms. The Hall–Kier alpha value is -1.59. The molecule has 0 aromatic heterocycles. The zero-order valence-corrected chi connectivity index (χ0v) is 12.4. The molecule has 110 valence electrons. The Morgan fingerprint density at radius 3 is 2.90 bits per heavy atom. The first-order chi connectivity index (χ1) is 9.58. The van der Waals surface area contributed by atoms with Gasteiger partial charge < -0.3 is 10.1 Å². The second kappa shape index (κ2) is 8.55. The van der Waals surface area contributed by atoms with Gasteiger partial charge >= 0.3 is 5.69 Å². The Labute approximate surface area is 123 Å². The van der Waals surface area contributed by atoms with Crippen molar-refractivity contribution in [2.45, 2.75) is 26.8 Å². The summed E-state index contributed by atoms with van der Waals surface area (Å²) in [4.78, 5) is 10.5. The van der Waals surface area contributed by atoms with Gasteiger partial charge in [0, 0.05) is 18.1 Å². The highest BCUT2D eigenvalue weighted by molar-refractivity contribution is 6.25. The number of benzene rings is 1. The zero-order valence-electron chi connectivity index (χ0n) is 11.7. The second-order valence-corrected chi connectivity index (χ2v) is 4.70. The summed E-state index contributed by atoms with van der Waals surface area (Å²) in [7, 11) is 0. The van der Waals surface area contributed by atoms with Gasteiger partial charge in [-0.25, -0.2) is 0 Å². The number of halogens is 1. The maximum Gasteiger partial charge on any atom is 0.310 e. The number of nitrogens with zero attached hydrogens (tertiary/aromatic N) is 1. The molecular formula is C14H19ClN2O3. The van der Waals surface area contributed by atoms with Crippen molar-refractivity contribution in [1.82, 2.24) is 5.32 Å². The Balaban J connectivity index is 2.85. The van der Waals surface area contributed by atoms with E-state index in [-0.39, 0.29) is 18.0 Å². The van der Waals surface area contributed by atoms with E-state index in [9.17, 15) is 10.1 Å². The second-order valence-electron chi connectivity index (χ2n) is 4.48. The zero-order chi connectivity index (χ0) is 15.0. The topological polar surface area (TPSA) is 64.4 Å². The largest absolute Gasteiger partial charge is 0.482 e. The summed E-state index contributed by atoms with van der Waals surface area (Å²) in [6.45, 7) is 5.67. The molecule has 0 saturated heterocycles. The number of nitro benzene ring substituents is 1. The Morgan fingerprint density at radius 1 is 1.55 bits per heavy atom. The van der Waals surface area contributed by atoms with Crippen molar-refractivity contribution in [2.75, 3.05) is 13.2 Å². The van der Waals surface area contributed by atoms with Gasteiger partial charge in [0.05, 0.1) is 4.92 Å². The van der Waals surface area contributed by atoms with Gasteiger partial charge in [-0.1, -0.05) is 24.6 Å². The molecule has 0 heterocycles. The molecule has 1 N–H and O–H groups in total. The van der Waals surface area contributed by atoms with Gasteiger partial charge in [0.2, 0.25) is 0 Å². The fraction of sp³-hybridized carbons (Fsp3) is 0.429. The van der Waals surface area contributed by atoms with E-state index in [1.807, 2.05) is 0 Å². The van der Waals surface area contributed by atoms with Crippen LogP contribution in [0.2, 0.25) is 0 Å². The van der Waals surface area contributed by atoms with Crippen molar-refractivity contribution in [3.63, 3.8) is 0 Å². The smallest absolute Gasteiger partial charge is 0.310 e. The van der Waals surface area contributed by atoms with Crippen molar-refractivity contribution in [2.24, 2.45) is 0 Å². The van der Waals surface area contributed by atoms with Crippen molar-refractivity contribution in [1.29, 1.82) is 0 Å². The summed E-state index contributed by atoms with van der Waals surface area (Å²) >= 11 is 5.55. The standard InChI is InChI=1S/C14H19ClN2O3/c1-3-6-16-9-12-4-5-13(17(18)19)14(7-12)20-10-11(2)8-15/h4-5,7-8,16H,3,6,9-10H2,1-2H3/b11-8+. The average molecular weight is 299 g/mol. The third-order valence-electron chi connectivity index (χ3n) is 2.62. The van der Waals surface area contributed by atoms with Crippen LogP contribution in [0.25, 0.3) is 0 Å². The van der Waals surface area contributed by atoms with Gasteiger partial charge in [-0.2, -0.15) is 0 Å². The summed E-state index contributed by atoms with van der Waals surface area (Å²) in [5.41, 5.74) is 3.12. The molecular weight excluding hydrogens is 280 g/mol. The number of hydrogen-bond donors (Lipinski definition) is 1. The van der Waals surface area contributed by atoms with E-state index in [4.69, 9.17) is 16.3 Å². The molecule has 0 spiro atoms. The predicted octanol–water partition coefficient (Wildman–Crippen LogP) is 3.62. The maximum atomic E-state index is 11.0. The minimum absolute atomic E-state index is 0.0355. The van der Waals surface area contributed by atoms with E-state index < -0.39 is 4.92 Å². The van der Waals surface area contributed by atoms with Crippen LogP contribution in [0.3, 0.4) is 0 Å². The predicted molar refractivity (Wildman–Crippen MR) is 80.2 cm³/mol. The van der Waals surface area contributed by atoms with Crippen LogP contribution in [0.15, 0.2) is 29.3 Å². The van der Waals surface area contributed by atoms with Gasteiger partial charge in [0.25, 0.3) is 0 Å². The molecule has 1 aromatic carbocycles. The highest BCUT2D eigenvalue weighted by atomic mass is 35.5. The fourth-order valence-electron chi connectivity index (χ4n) is 1.57. The number of ether oxygens (including phenoxy) is 1. The monoisotopic (exact) mass is 298 g/mol. The Bertz CT molecular complexity index is 489. The average Bonchev–Trinajstić information content (AvgIpc) is 2.44. The molecule has 0 saturated carbocycles. The first-order valence-electron chi connectivity index (χ1n) is 6.45. The summed E-state index contributed by atoms with van der Waals surface area (Å²) in [6, 6.07) is 4.90. The van der Waals surface area contributed by atoms with Crippen LogP contribution >= 0.6 is 11.6 Å². The molecule has 0 aliphatic rings. The highest BCUT2D eigenvalue weighted by Crippen LogP contribution is 2.28. The lowest BCUT2D eigenvalue weighted by atomic mass is 10.2. The van der Waals surface area contributed by atoms with Gasteiger partial charge in [-0.3, -0.25) is 10.1 Å². The number of rotatable bonds is 8. The quantitative estimate of drug-likeness (QED) is 0.452. The van der Waals surface area contributed by atoms with Crippen molar-refractivity contribution in [3.05, 3.63) is 45.0 Å². The third kappa shape index (κ3) is 5.19. The fourth-order valence-corrected chi connectivity index (χ4v) is 1.63. The minimum Gasteiger partial charge on any atom is -0.482 e. The lowest BCUT2D eigenvalue weighted by Crippen LogP contribution is -2.14. The molecule has 0 bridgehead atoms. The van der Waals surface area contributed by atoms with Crippen LogP contribution in [-0.2, 0) is 6.54 Å². The Kier molecular flexibility index (Phi) is 7.04. The molecule has 0 aliphatic carbocycles. The summed E-state index contributed by atoms with van der Waals surface area (Å²) < 4.78 is 5.48. The van der Waals surface area contributed by atoms with Crippen molar-refractivity contribution in [3.8, 4) is 5.75 Å². The van der Waals surface area contributed by atoms with E-state index >= 15 is 0 Å². The first kappa shape index (κ1) is 16.5. The number of nitrogens with one attached hydrogen (secondary N) is 1. The molecule has 0 radical (unpaired) electrons. The molecule has 1 aromatic rings. The van der Waals surface area contributed by atoms with Crippen molar-refractivity contribution < 1.29 is 9.66 Å². The number of nitro groups is 1. The highest BCUT2D eigenvalue weighted by Gasteiger charge is 2.15. The molecule has 0 atom stereocenters. The molecule has 5 nitrogen and oxygen atoms in total. The molecule has 6 heteroatoms. The van der Waals surface area contributed by atoms with Crippen LogP contribution in [0.5, 0.6) is 5.75 Å². The lowest BCUT2D eigenvalue weighted by molar-refractivity contribution is -0.385. The summed E-state index contributed by atoms with van der Waals surface area (Å²) in [6.07, 6.45) is 1.04. The normalized spacial score (nSPS) is 11.4. The maximum absolute atomic E-state index is 11.0. The molecule has 1 rings (SSSR count). The van der Waals surface area contributed by atoms with Gasteiger partial charge in [0.1, 0.15) is 6.61 Å². The number of hydrogen-bond acceptors (Lipinski definition) is 4. The van der Waals surface area contributed by atoms with E-state index in [0.29, 0.717) is 6.54 Å². The van der Waals surface area contributed by atoms with E-state index in [0.717, 1.165) is 24.1 Å². The van der Waals surface area contributed by atoms with Gasteiger partial charge in [-0.05, 0) is 37.1 Å². The molecule has 0 fully saturated rings.